The number of carboxylic acids is 2. The fourth-order valence-electron chi connectivity index (χ4n) is 2.12. The standard InChI is InChI=1S/2C10H18O2.Zn/c2*1-2-3-4-5-6-7-8-9-10(11)12;/h2*2-3H,4-9H2,1H3,(H,11,12);. The van der Waals surface area contributed by atoms with Crippen LogP contribution in [0.25, 0.3) is 0 Å². The molecular formula is C20H36O4Zn. The van der Waals surface area contributed by atoms with Crippen molar-refractivity contribution in [3.63, 3.8) is 0 Å². The Labute approximate surface area is 166 Å². The molecule has 0 atom stereocenters. The van der Waals surface area contributed by atoms with Gasteiger partial charge in [-0.1, -0.05) is 50.0 Å². The molecule has 0 aromatic heterocycles. The fraction of sp³-hybridized carbons (Fsp3) is 0.700. The van der Waals surface area contributed by atoms with E-state index in [1.165, 1.54) is 12.8 Å². The number of allylic oxidation sites excluding steroid dienone is 4. The molecule has 0 aliphatic heterocycles. The van der Waals surface area contributed by atoms with E-state index < -0.39 is 11.9 Å². The maximum absolute atomic E-state index is 10.1. The van der Waals surface area contributed by atoms with E-state index >= 15 is 0 Å². The summed E-state index contributed by atoms with van der Waals surface area (Å²) in [4.78, 5) is 20.2. The molecule has 0 rings (SSSR count). The van der Waals surface area contributed by atoms with Crippen LogP contribution in [0.5, 0.6) is 0 Å². The van der Waals surface area contributed by atoms with E-state index in [0.29, 0.717) is 12.8 Å². The molecule has 0 aliphatic rings. The molecule has 0 aromatic carbocycles. The van der Waals surface area contributed by atoms with Gasteiger partial charge in [-0.3, -0.25) is 9.59 Å². The zero-order valence-corrected chi connectivity index (χ0v) is 19.2. The first-order valence-corrected chi connectivity index (χ1v) is 9.20. The van der Waals surface area contributed by atoms with Gasteiger partial charge in [0.25, 0.3) is 0 Å². The van der Waals surface area contributed by atoms with Crippen molar-refractivity contribution < 1.29 is 39.3 Å². The zero-order valence-electron chi connectivity index (χ0n) is 16.2. The third-order valence-corrected chi connectivity index (χ3v) is 3.49. The second-order valence-corrected chi connectivity index (χ2v) is 5.83. The number of carboxylic acid groups (broad SMARTS) is 2. The quantitative estimate of drug-likeness (QED) is 0.212. The van der Waals surface area contributed by atoms with Crippen molar-refractivity contribution in [3.8, 4) is 0 Å². The molecule has 0 unspecified atom stereocenters. The molecule has 0 spiro atoms. The number of carbonyl (C=O) groups is 2. The average molecular weight is 406 g/mol. The van der Waals surface area contributed by atoms with Gasteiger partial charge in [-0.25, -0.2) is 0 Å². The summed E-state index contributed by atoms with van der Waals surface area (Å²) in [5, 5.41) is 16.7. The summed E-state index contributed by atoms with van der Waals surface area (Å²) in [6.45, 7) is 4.04. The predicted molar refractivity (Wildman–Crippen MR) is 100 cm³/mol. The number of rotatable bonds is 14. The van der Waals surface area contributed by atoms with E-state index in [0.717, 1.165) is 51.4 Å². The first-order chi connectivity index (χ1) is 11.5. The zero-order chi connectivity index (χ0) is 18.5. The van der Waals surface area contributed by atoms with Crippen molar-refractivity contribution in [2.45, 2.75) is 90.9 Å². The van der Waals surface area contributed by atoms with Crippen molar-refractivity contribution in [2.75, 3.05) is 0 Å². The maximum Gasteiger partial charge on any atom is 0.303 e. The van der Waals surface area contributed by atoms with Crippen LogP contribution in [0.2, 0.25) is 0 Å². The van der Waals surface area contributed by atoms with Gasteiger partial charge < -0.3 is 10.2 Å². The number of hydrogen-bond acceptors (Lipinski definition) is 2. The first-order valence-electron chi connectivity index (χ1n) is 9.20. The Morgan fingerprint density at radius 1 is 0.640 bits per heavy atom. The first kappa shape index (κ1) is 28.8. The molecule has 142 valence electrons. The minimum absolute atomic E-state index is 0. The van der Waals surface area contributed by atoms with Gasteiger partial charge in [0.2, 0.25) is 0 Å². The molecule has 0 radical (unpaired) electrons. The minimum Gasteiger partial charge on any atom is -0.481 e. The van der Waals surface area contributed by atoms with E-state index in [2.05, 4.69) is 24.3 Å². The minimum atomic E-state index is -0.677. The molecule has 0 heterocycles. The van der Waals surface area contributed by atoms with E-state index in [-0.39, 0.29) is 19.5 Å². The summed E-state index contributed by atoms with van der Waals surface area (Å²) >= 11 is 0. The van der Waals surface area contributed by atoms with Gasteiger partial charge in [0.1, 0.15) is 0 Å². The normalized spacial score (nSPS) is 10.3. The number of unbranched alkanes of at least 4 members (excludes halogenated alkanes) is 8. The van der Waals surface area contributed by atoms with Gasteiger partial charge in [-0.2, -0.15) is 0 Å². The van der Waals surface area contributed by atoms with Gasteiger partial charge in [-0.15, -0.1) is 0 Å². The van der Waals surface area contributed by atoms with Crippen molar-refractivity contribution in [2.24, 2.45) is 0 Å². The monoisotopic (exact) mass is 404 g/mol. The van der Waals surface area contributed by atoms with Gasteiger partial charge >= 0.3 is 11.9 Å². The smallest absolute Gasteiger partial charge is 0.303 e. The van der Waals surface area contributed by atoms with E-state index in [1.54, 1.807) is 0 Å². The molecule has 0 saturated heterocycles. The van der Waals surface area contributed by atoms with Crippen LogP contribution in [0.3, 0.4) is 0 Å². The Morgan fingerprint density at radius 3 is 1.24 bits per heavy atom. The molecular weight excluding hydrogens is 370 g/mol. The topological polar surface area (TPSA) is 74.6 Å². The summed E-state index contributed by atoms with van der Waals surface area (Å²) in [7, 11) is 0. The molecule has 5 heteroatoms. The summed E-state index contributed by atoms with van der Waals surface area (Å²) in [6, 6.07) is 0. The van der Waals surface area contributed by atoms with Crippen molar-refractivity contribution in [1.29, 1.82) is 0 Å². The summed E-state index contributed by atoms with van der Waals surface area (Å²) in [6.07, 6.45) is 19.7. The number of aliphatic carboxylic acids is 2. The van der Waals surface area contributed by atoms with Crippen LogP contribution in [-0.4, -0.2) is 22.2 Å². The molecule has 0 bridgehead atoms. The summed E-state index contributed by atoms with van der Waals surface area (Å²) in [5.74, 6) is -1.35. The molecule has 2 N–H and O–H groups in total. The largest absolute Gasteiger partial charge is 0.481 e. The third-order valence-electron chi connectivity index (χ3n) is 3.49. The van der Waals surface area contributed by atoms with E-state index in [4.69, 9.17) is 10.2 Å². The predicted octanol–water partition coefficient (Wildman–Crippen LogP) is 5.97. The maximum atomic E-state index is 10.1. The molecule has 0 saturated carbocycles. The van der Waals surface area contributed by atoms with Gasteiger partial charge in [0, 0.05) is 32.3 Å². The fourth-order valence-corrected chi connectivity index (χ4v) is 2.12. The molecule has 0 aromatic rings. The summed E-state index contributed by atoms with van der Waals surface area (Å²) < 4.78 is 0. The van der Waals surface area contributed by atoms with Crippen LogP contribution in [0.1, 0.15) is 90.9 Å². The molecule has 0 fully saturated rings. The van der Waals surface area contributed by atoms with Gasteiger partial charge in [0.15, 0.2) is 0 Å². The Kier molecular flexibility index (Phi) is 29.2. The van der Waals surface area contributed by atoms with Crippen molar-refractivity contribution in [1.82, 2.24) is 0 Å². The van der Waals surface area contributed by atoms with E-state index in [9.17, 15) is 9.59 Å². The molecule has 25 heavy (non-hydrogen) atoms. The Hall–Kier alpha value is -0.957. The van der Waals surface area contributed by atoms with Gasteiger partial charge in [-0.05, 0) is 52.4 Å². The van der Waals surface area contributed by atoms with E-state index in [1.807, 2.05) is 13.8 Å². The second-order valence-electron chi connectivity index (χ2n) is 5.83. The molecule has 0 aliphatic carbocycles. The Morgan fingerprint density at radius 2 is 0.960 bits per heavy atom. The molecule has 0 amide bonds. The second kappa shape index (κ2) is 25.3. The van der Waals surface area contributed by atoms with Crippen LogP contribution in [-0.2, 0) is 29.1 Å². The Bertz CT molecular complexity index is 318. The van der Waals surface area contributed by atoms with Gasteiger partial charge in [0.05, 0.1) is 0 Å². The third kappa shape index (κ3) is 35.1. The van der Waals surface area contributed by atoms with Crippen LogP contribution < -0.4 is 0 Å². The van der Waals surface area contributed by atoms with Crippen LogP contribution in [0.15, 0.2) is 24.3 Å². The van der Waals surface area contributed by atoms with Crippen LogP contribution in [0.4, 0.5) is 0 Å². The molecule has 4 nitrogen and oxygen atoms in total. The van der Waals surface area contributed by atoms with Crippen molar-refractivity contribution >= 4 is 11.9 Å². The summed E-state index contributed by atoms with van der Waals surface area (Å²) in [5.41, 5.74) is 0. The average Bonchev–Trinajstić information content (AvgIpc) is 2.53. The van der Waals surface area contributed by atoms with Crippen LogP contribution >= 0.6 is 0 Å². The number of hydrogen-bond donors (Lipinski definition) is 2. The van der Waals surface area contributed by atoms with Crippen LogP contribution in [0, 0.1) is 0 Å². The van der Waals surface area contributed by atoms with Crippen molar-refractivity contribution in [3.05, 3.63) is 24.3 Å². The Balaban J connectivity index is -0.000000372. The SMILES string of the molecule is CC=CCCCCCCC(=O)O.CC=CCCCCCCC(=O)O.[Zn].